The number of rotatable bonds is 5. The minimum absolute atomic E-state index is 0.0348. The Labute approximate surface area is 163 Å². The van der Waals surface area contributed by atoms with Gasteiger partial charge in [-0.2, -0.15) is 0 Å². The predicted octanol–water partition coefficient (Wildman–Crippen LogP) is 2.75. The molecule has 142 valence electrons. The Balaban J connectivity index is 1.48. The number of methoxy groups -OCH3 is 1. The van der Waals surface area contributed by atoms with E-state index < -0.39 is 0 Å². The molecule has 1 aliphatic rings. The van der Waals surface area contributed by atoms with Crippen molar-refractivity contribution < 1.29 is 14.3 Å². The van der Waals surface area contributed by atoms with Crippen LogP contribution in [0.15, 0.2) is 48.5 Å². The van der Waals surface area contributed by atoms with Gasteiger partial charge in [-0.25, -0.2) is 0 Å². The minimum Gasteiger partial charge on any atom is -0.495 e. The average Bonchev–Trinajstić information content (AvgIpc) is 2.69. The van der Waals surface area contributed by atoms with Crippen LogP contribution in [0, 0.1) is 0 Å². The lowest BCUT2D eigenvalue weighted by molar-refractivity contribution is -0.117. The number of hydrogen-bond donors (Lipinski definition) is 1. The van der Waals surface area contributed by atoms with Gasteiger partial charge >= 0.3 is 0 Å². The Bertz CT molecular complexity index is 805. The summed E-state index contributed by atoms with van der Waals surface area (Å²) in [6, 6.07) is 14.4. The second-order valence-electron chi connectivity index (χ2n) is 6.33. The molecule has 0 bridgehead atoms. The number of carbonyl (C=O) groups excluding carboxylic acids is 2. The molecule has 1 aliphatic heterocycles. The number of anilines is 1. The van der Waals surface area contributed by atoms with E-state index in [0.717, 1.165) is 0 Å². The maximum absolute atomic E-state index is 12.5. The first-order chi connectivity index (χ1) is 13.1. The van der Waals surface area contributed by atoms with E-state index in [1.165, 1.54) is 0 Å². The van der Waals surface area contributed by atoms with Gasteiger partial charge in [-0.05, 0) is 30.3 Å². The highest BCUT2D eigenvalue weighted by Gasteiger charge is 2.23. The third kappa shape index (κ3) is 4.99. The minimum atomic E-state index is -0.112. The number of benzene rings is 2. The van der Waals surface area contributed by atoms with Gasteiger partial charge in [0.2, 0.25) is 5.91 Å². The molecule has 0 aliphatic carbocycles. The SMILES string of the molecule is COc1ccc(NC(=O)CN2CCN(C(=O)c3ccccc3)CC2)cc1Cl. The van der Waals surface area contributed by atoms with Crippen molar-refractivity contribution in [2.24, 2.45) is 0 Å². The van der Waals surface area contributed by atoms with Crippen LogP contribution in [0.2, 0.25) is 5.02 Å². The zero-order valence-electron chi connectivity index (χ0n) is 15.2. The summed E-state index contributed by atoms with van der Waals surface area (Å²) in [6.07, 6.45) is 0. The van der Waals surface area contributed by atoms with Crippen LogP contribution >= 0.6 is 11.6 Å². The molecule has 1 saturated heterocycles. The molecule has 2 aromatic rings. The molecule has 0 saturated carbocycles. The van der Waals surface area contributed by atoms with Crippen molar-refractivity contribution in [1.82, 2.24) is 9.80 Å². The van der Waals surface area contributed by atoms with Crippen molar-refractivity contribution in [3.05, 3.63) is 59.1 Å². The normalized spacial score (nSPS) is 14.7. The number of nitrogens with zero attached hydrogens (tertiary/aromatic N) is 2. The Hall–Kier alpha value is -2.57. The Morgan fingerprint density at radius 2 is 1.78 bits per heavy atom. The van der Waals surface area contributed by atoms with E-state index in [0.29, 0.717) is 48.2 Å². The van der Waals surface area contributed by atoms with Crippen LogP contribution < -0.4 is 10.1 Å². The smallest absolute Gasteiger partial charge is 0.253 e. The first-order valence-electron chi connectivity index (χ1n) is 8.77. The van der Waals surface area contributed by atoms with E-state index in [1.807, 2.05) is 40.1 Å². The van der Waals surface area contributed by atoms with Crippen LogP contribution in [0.3, 0.4) is 0 Å². The molecule has 2 amide bonds. The standard InChI is InChI=1S/C20H22ClN3O3/c1-27-18-8-7-16(13-17(18)21)22-19(25)14-23-9-11-24(12-10-23)20(26)15-5-3-2-4-6-15/h2-8,13H,9-12,14H2,1H3,(H,22,25). The van der Waals surface area contributed by atoms with Gasteiger partial charge < -0.3 is 15.0 Å². The lowest BCUT2D eigenvalue weighted by Crippen LogP contribution is -2.50. The molecule has 1 heterocycles. The zero-order valence-corrected chi connectivity index (χ0v) is 15.9. The molecule has 7 heteroatoms. The molecule has 0 aromatic heterocycles. The molecule has 1 fully saturated rings. The van der Waals surface area contributed by atoms with Crippen molar-refractivity contribution >= 4 is 29.1 Å². The van der Waals surface area contributed by atoms with Crippen molar-refractivity contribution in [1.29, 1.82) is 0 Å². The molecular weight excluding hydrogens is 366 g/mol. The molecule has 3 rings (SSSR count). The molecule has 6 nitrogen and oxygen atoms in total. The van der Waals surface area contributed by atoms with E-state index in [4.69, 9.17) is 16.3 Å². The number of carbonyl (C=O) groups is 2. The fourth-order valence-electron chi connectivity index (χ4n) is 3.02. The third-order valence-electron chi connectivity index (χ3n) is 4.48. The number of nitrogens with one attached hydrogen (secondary N) is 1. The lowest BCUT2D eigenvalue weighted by atomic mass is 10.2. The molecule has 0 radical (unpaired) electrons. The average molecular weight is 388 g/mol. The van der Waals surface area contributed by atoms with Gasteiger partial charge in [0.1, 0.15) is 5.75 Å². The molecular formula is C20H22ClN3O3. The molecule has 0 spiro atoms. The quantitative estimate of drug-likeness (QED) is 0.856. The van der Waals surface area contributed by atoms with Crippen molar-refractivity contribution in [3.63, 3.8) is 0 Å². The Morgan fingerprint density at radius 1 is 1.07 bits per heavy atom. The van der Waals surface area contributed by atoms with Crippen LogP contribution in [0.25, 0.3) is 0 Å². The van der Waals surface area contributed by atoms with Crippen LogP contribution in [0.1, 0.15) is 10.4 Å². The van der Waals surface area contributed by atoms with Crippen LogP contribution in [0.5, 0.6) is 5.75 Å². The summed E-state index contributed by atoms with van der Waals surface area (Å²) < 4.78 is 5.10. The highest BCUT2D eigenvalue weighted by molar-refractivity contribution is 6.32. The monoisotopic (exact) mass is 387 g/mol. The molecule has 1 N–H and O–H groups in total. The van der Waals surface area contributed by atoms with E-state index in [1.54, 1.807) is 25.3 Å². The van der Waals surface area contributed by atoms with Crippen molar-refractivity contribution in [2.45, 2.75) is 0 Å². The largest absolute Gasteiger partial charge is 0.495 e. The molecule has 0 unspecified atom stereocenters. The molecule has 0 atom stereocenters. The van der Waals surface area contributed by atoms with Gasteiger partial charge in [0, 0.05) is 37.4 Å². The van der Waals surface area contributed by atoms with Gasteiger partial charge in [-0.15, -0.1) is 0 Å². The summed E-state index contributed by atoms with van der Waals surface area (Å²) >= 11 is 6.08. The number of amides is 2. The van der Waals surface area contributed by atoms with Gasteiger partial charge in [-0.1, -0.05) is 29.8 Å². The van der Waals surface area contributed by atoms with Gasteiger partial charge in [0.15, 0.2) is 0 Å². The highest BCUT2D eigenvalue weighted by Crippen LogP contribution is 2.27. The fourth-order valence-corrected chi connectivity index (χ4v) is 3.28. The van der Waals surface area contributed by atoms with E-state index >= 15 is 0 Å². The summed E-state index contributed by atoms with van der Waals surface area (Å²) in [4.78, 5) is 28.6. The highest BCUT2D eigenvalue weighted by atomic mass is 35.5. The van der Waals surface area contributed by atoms with Crippen LogP contribution in [-0.4, -0.2) is 61.4 Å². The Morgan fingerprint density at radius 3 is 2.41 bits per heavy atom. The summed E-state index contributed by atoms with van der Waals surface area (Å²) in [6.45, 7) is 2.81. The summed E-state index contributed by atoms with van der Waals surface area (Å²) in [5, 5.41) is 3.29. The number of hydrogen-bond acceptors (Lipinski definition) is 4. The van der Waals surface area contributed by atoms with Crippen LogP contribution in [-0.2, 0) is 4.79 Å². The summed E-state index contributed by atoms with van der Waals surface area (Å²) in [5.74, 6) is 0.487. The fraction of sp³-hybridized carbons (Fsp3) is 0.300. The number of ether oxygens (including phenoxy) is 1. The molecule has 27 heavy (non-hydrogen) atoms. The third-order valence-corrected chi connectivity index (χ3v) is 4.78. The topological polar surface area (TPSA) is 61.9 Å². The summed E-state index contributed by atoms with van der Waals surface area (Å²) in [7, 11) is 1.54. The number of piperazine rings is 1. The van der Waals surface area contributed by atoms with Crippen molar-refractivity contribution in [2.75, 3.05) is 45.2 Å². The van der Waals surface area contributed by atoms with E-state index in [9.17, 15) is 9.59 Å². The predicted molar refractivity (Wildman–Crippen MR) is 105 cm³/mol. The number of halogens is 1. The van der Waals surface area contributed by atoms with Gasteiger partial charge in [0.25, 0.3) is 5.91 Å². The van der Waals surface area contributed by atoms with Crippen molar-refractivity contribution in [3.8, 4) is 5.75 Å². The maximum Gasteiger partial charge on any atom is 0.253 e. The lowest BCUT2D eigenvalue weighted by Gasteiger charge is -2.34. The van der Waals surface area contributed by atoms with E-state index in [2.05, 4.69) is 5.32 Å². The second kappa shape index (κ2) is 8.88. The van der Waals surface area contributed by atoms with E-state index in [-0.39, 0.29) is 18.4 Å². The van der Waals surface area contributed by atoms with Gasteiger partial charge in [-0.3, -0.25) is 14.5 Å². The Kier molecular flexibility index (Phi) is 6.32. The van der Waals surface area contributed by atoms with Crippen LogP contribution in [0.4, 0.5) is 5.69 Å². The second-order valence-corrected chi connectivity index (χ2v) is 6.74. The maximum atomic E-state index is 12.5. The van der Waals surface area contributed by atoms with Gasteiger partial charge in [0.05, 0.1) is 18.7 Å². The summed E-state index contributed by atoms with van der Waals surface area (Å²) in [5.41, 5.74) is 1.32. The molecule has 2 aromatic carbocycles. The first-order valence-corrected chi connectivity index (χ1v) is 9.14. The first kappa shape index (κ1) is 19.2. The zero-order chi connectivity index (χ0) is 19.2.